The number of urea groups is 1. The number of rotatable bonds is 7. The molecule has 0 bridgehead atoms. The first-order chi connectivity index (χ1) is 11.6. The van der Waals surface area contributed by atoms with Crippen LogP contribution in [0.15, 0.2) is 48.5 Å². The van der Waals surface area contributed by atoms with Gasteiger partial charge in [-0.2, -0.15) is 0 Å². The smallest absolute Gasteiger partial charge is 0.315 e. The third-order valence-electron chi connectivity index (χ3n) is 3.72. The maximum Gasteiger partial charge on any atom is 0.315 e. The highest BCUT2D eigenvalue weighted by molar-refractivity contribution is 5.73. The number of carbonyl (C=O) groups is 1. The van der Waals surface area contributed by atoms with Gasteiger partial charge in [-0.1, -0.05) is 36.4 Å². The Balaban J connectivity index is 1.83. The standard InChI is InChI=1S/C18H21FN2O3/c19-16-10-13(6-7-17(16)23)11-20-18(24)21-12-15(8-9-22)14-4-2-1-3-5-14/h1-7,10,15,22-23H,8-9,11-12H2,(H2,20,21,24). The van der Waals surface area contributed by atoms with Crippen molar-refractivity contribution in [2.24, 2.45) is 0 Å². The van der Waals surface area contributed by atoms with Crippen molar-refractivity contribution < 1.29 is 19.4 Å². The minimum Gasteiger partial charge on any atom is -0.505 e. The highest BCUT2D eigenvalue weighted by Gasteiger charge is 2.12. The Morgan fingerprint density at radius 2 is 1.88 bits per heavy atom. The molecule has 128 valence electrons. The number of hydrogen-bond donors (Lipinski definition) is 4. The number of benzene rings is 2. The predicted octanol–water partition coefficient (Wildman–Crippen LogP) is 2.50. The fraction of sp³-hybridized carbons (Fsp3) is 0.278. The van der Waals surface area contributed by atoms with Gasteiger partial charge in [-0.05, 0) is 29.7 Å². The van der Waals surface area contributed by atoms with E-state index in [1.165, 1.54) is 18.2 Å². The van der Waals surface area contributed by atoms with Crippen LogP contribution >= 0.6 is 0 Å². The normalized spacial score (nSPS) is 11.8. The van der Waals surface area contributed by atoms with Crippen molar-refractivity contribution in [2.45, 2.75) is 18.9 Å². The van der Waals surface area contributed by atoms with Crippen molar-refractivity contribution >= 4 is 6.03 Å². The molecule has 0 aliphatic rings. The van der Waals surface area contributed by atoms with Gasteiger partial charge in [0, 0.05) is 25.6 Å². The fourth-order valence-electron chi connectivity index (χ4n) is 2.39. The summed E-state index contributed by atoms with van der Waals surface area (Å²) < 4.78 is 13.2. The van der Waals surface area contributed by atoms with Crippen LogP contribution in [-0.2, 0) is 6.54 Å². The van der Waals surface area contributed by atoms with Gasteiger partial charge in [-0.15, -0.1) is 0 Å². The molecular formula is C18H21FN2O3. The first-order valence-corrected chi connectivity index (χ1v) is 7.75. The van der Waals surface area contributed by atoms with E-state index >= 15 is 0 Å². The van der Waals surface area contributed by atoms with Crippen LogP contribution in [0.25, 0.3) is 0 Å². The summed E-state index contributed by atoms with van der Waals surface area (Å²) >= 11 is 0. The summed E-state index contributed by atoms with van der Waals surface area (Å²) in [5, 5.41) is 23.7. The Morgan fingerprint density at radius 1 is 1.12 bits per heavy atom. The minimum absolute atomic E-state index is 0.0214. The summed E-state index contributed by atoms with van der Waals surface area (Å²) in [6, 6.07) is 13.2. The van der Waals surface area contributed by atoms with Gasteiger partial charge in [-0.3, -0.25) is 0 Å². The summed E-state index contributed by atoms with van der Waals surface area (Å²) in [7, 11) is 0. The molecule has 0 saturated heterocycles. The molecule has 2 aromatic rings. The highest BCUT2D eigenvalue weighted by Crippen LogP contribution is 2.18. The van der Waals surface area contributed by atoms with E-state index in [0.717, 1.165) is 5.56 Å². The number of phenolic OH excluding ortho intramolecular Hbond substituents is 1. The van der Waals surface area contributed by atoms with Gasteiger partial charge in [0.2, 0.25) is 0 Å². The maximum atomic E-state index is 13.2. The van der Waals surface area contributed by atoms with Crippen LogP contribution in [0.5, 0.6) is 5.75 Å². The van der Waals surface area contributed by atoms with E-state index in [4.69, 9.17) is 5.11 Å². The molecule has 1 atom stereocenters. The van der Waals surface area contributed by atoms with Crippen LogP contribution in [0.2, 0.25) is 0 Å². The van der Waals surface area contributed by atoms with Crippen LogP contribution in [0.3, 0.4) is 0 Å². The SMILES string of the molecule is O=C(NCc1ccc(O)c(F)c1)NCC(CCO)c1ccccc1. The quantitative estimate of drug-likeness (QED) is 0.629. The molecular weight excluding hydrogens is 311 g/mol. The Labute approximate surface area is 140 Å². The van der Waals surface area contributed by atoms with Crippen molar-refractivity contribution in [3.63, 3.8) is 0 Å². The summed E-state index contributed by atoms with van der Waals surface area (Å²) in [5.74, 6) is -1.12. The first-order valence-electron chi connectivity index (χ1n) is 7.75. The van der Waals surface area contributed by atoms with Gasteiger partial charge >= 0.3 is 6.03 Å². The number of aliphatic hydroxyl groups excluding tert-OH is 1. The summed E-state index contributed by atoms with van der Waals surface area (Å²) in [4.78, 5) is 11.9. The van der Waals surface area contributed by atoms with E-state index in [1.54, 1.807) is 0 Å². The van der Waals surface area contributed by atoms with E-state index in [-0.39, 0.29) is 25.1 Å². The highest BCUT2D eigenvalue weighted by atomic mass is 19.1. The van der Waals surface area contributed by atoms with Gasteiger partial charge < -0.3 is 20.8 Å². The number of hydrogen-bond acceptors (Lipinski definition) is 3. The molecule has 2 rings (SSSR count). The molecule has 6 heteroatoms. The number of aromatic hydroxyl groups is 1. The second kappa shape index (κ2) is 8.88. The lowest BCUT2D eigenvalue weighted by Gasteiger charge is -2.17. The van der Waals surface area contributed by atoms with Gasteiger partial charge in [0.15, 0.2) is 11.6 Å². The Bertz CT molecular complexity index is 665. The zero-order valence-electron chi connectivity index (χ0n) is 13.2. The second-order valence-corrected chi connectivity index (χ2v) is 5.47. The van der Waals surface area contributed by atoms with E-state index in [1.807, 2.05) is 30.3 Å². The van der Waals surface area contributed by atoms with Crippen molar-refractivity contribution in [1.82, 2.24) is 10.6 Å². The van der Waals surface area contributed by atoms with Crippen molar-refractivity contribution in [3.8, 4) is 5.75 Å². The number of amides is 2. The molecule has 0 aliphatic carbocycles. The molecule has 0 heterocycles. The molecule has 4 N–H and O–H groups in total. The van der Waals surface area contributed by atoms with E-state index < -0.39 is 11.6 Å². The van der Waals surface area contributed by atoms with E-state index in [9.17, 15) is 14.3 Å². The van der Waals surface area contributed by atoms with Gasteiger partial charge in [0.1, 0.15) is 0 Å². The van der Waals surface area contributed by atoms with E-state index in [0.29, 0.717) is 18.5 Å². The molecule has 5 nitrogen and oxygen atoms in total. The molecule has 2 aromatic carbocycles. The van der Waals surface area contributed by atoms with Crippen LogP contribution in [0.1, 0.15) is 23.5 Å². The van der Waals surface area contributed by atoms with Crippen molar-refractivity contribution in [1.29, 1.82) is 0 Å². The van der Waals surface area contributed by atoms with Crippen LogP contribution in [-0.4, -0.2) is 29.4 Å². The van der Waals surface area contributed by atoms with Gasteiger partial charge in [0.25, 0.3) is 0 Å². The molecule has 1 unspecified atom stereocenters. The summed E-state index contributed by atoms with van der Waals surface area (Å²) in [5.41, 5.74) is 1.60. The summed E-state index contributed by atoms with van der Waals surface area (Å²) in [6.45, 7) is 0.578. The van der Waals surface area contributed by atoms with Gasteiger partial charge in [-0.25, -0.2) is 9.18 Å². The number of phenols is 1. The van der Waals surface area contributed by atoms with Crippen LogP contribution < -0.4 is 10.6 Å². The lowest BCUT2D eigenvalue weighted by atomic mass is 9.96. The molecule has 0 aliphatic heterocycles. The zero-order valence-corrected chi connectivity index (χ0v) is 13.2. The maximum absolute atomic E-state index is 13.2. The minimum atomic E-state index is -0.721. The largest absolute Gasteiger partial charge is 0.505 e. The van der Waals surface area contributed by atoms with Crippen molar-refractivity contribution in [3.05, 3.63) is 65.5 Å². The Kier molecular flexibility index (Phi) is 6.57. The van der Waals surface area contributed by atoms with Crippen LogP contribution in [0.4, 0.5) is 9.18 Å². The lowest BCUT2D eigenvalue weighted by Crippen LogP contribution is -2.37. The molecule has 24 heavy (non-hydrogen) atoms. The Hall–Kier alpha value is -2.60. The van der Waals surface area contributed by atoms with Crippen LogP contribution in [0, 0.1) is 5.82 Å². The average Bonchev–Trinajstić information content (AvgIpc) is 2.60. The number of aliphatic hydroxyl groups is 1. The third kappa shape index (κ3) is 5.24. The topological polar surface area (TPSA) is 81.6 Å². The number of halogens is 1. The average molecular weight is 332 g/mol. The fourth-order valence-corrected chi connectivity index (χ4v) is 2.39. The zero-order chi connectivity index (χ0) is 17.4. The molecule has 0 aromatic heterocycles. The molecule has 2 amide bonds. The third-order valence-corrected chi connectivity index (χ3v) is 3.72. The first kappa shape index (κ1) is 17.7. The number of carbonyl (C=O) groups excluding carboxylic acids is 1. The monoisotopic (exact) mass is 332 g/mol. The molecule has 0 spiro atoms. The van der Waals surface area contributed by atoms with E-state index in [2.05, 4.69) is 10.6 Å². The molecule has 0 fully saturated rings. The Morgan fingerprint density at radius 3 is 2.54 bits per heavy atom. The lowest BCUT2D eigenvalue weighted by molar-refractivity contribution is 0.237. The van der Waals surface area contributed by atoms with Crippen molar-refractivity contribution in [2.75, 3.05) is 13.2 Å². The summed E-state index contributed by atoms with van der Waals surface area (Å²) in [6.07, 6.45) is 0.549. The molecule has 0 saturated carbocycles. The van der Waals surface area contributed by atoms with Gasteiger partial charge in [0.05, 0.1) is 0 Å². The predicted molar refractivity (Wildman–Crippen MR) is 89.2 cm³/mol. The molecule has 0 radical (unpaired) electrons. The number of nitrogens with one attached hydrogen (secondary N) is 2. The second-order valence-electron chi connectivity index (χ2n) is 5.47.